The number of aliphatic hydroxyl groups excluding tert-OH is 1. The largest absolute Gasteiger partial charge is 0.391 e. The molecule has 2 nitrogen and oxygen atoms in total. The molecule has 0 aliphatic carbocycles. The second-order valence-corrected chi connectivity index (χ2v) is 4.73. The first-order valence-corrected chi connectivity index (χ1v) is 5.77. The van der Waals surface area contributed by atoms with Gasteiger partial charge in [0.05, 0.1) is 17.2 Å². The monoisotopic (exact) mass is 237 g/mol. The third-order valence-electron chi connectivity index (χ3n) is 2.46. The van der Waals surface area contributed by atoms with Crippen LogP contribution < -0.4 is 0 Å². The van der Waals surface area contributed by atoms with Crippen molar-refractivity contribution in [2.24, 2.45) is 0 Å². The Morgan fingerprint density at radius 2 is 2.12 bits per heavy atom. The number of thiazole rings is 1. The van der Waals surface area contributed by atoms with Gasteiger partial charge in [-0.1, -0.05) is 0 Å². The van der Waals surface area contributed by atoms with Gasteiger partial charge < -0.3 is 5.11 Å². The number of halogens is 1. The summed E-state index contributed by atoms with van der Waals surface area (Å²) in [7, 11) is 0. The fourth-order valence-corrected chi connectivity index (χ4v) is 2.57. The number of nitrogens with zero attached hydrogens (tertiary/aromatic N) is 1. The van der Waals surface area contributed by atoms with E-state index in [4.69, 9.17) is 5.11 Å². The molecule has 2 aromatic rings. The quantitative estimate of drug-likeness (QED) is 0.870. The molecular weight excluding hydrogens is 225 g/mol. The summed E-state index contributed by atoms with van der Waals surface area (Å²) in [5, 5.41) is 9.93. The second kappa shape index (κ2) is 4.31. The number of benzene rings is 1. The summed E-state index contributed by atoms with van der Waals surface area (Å²) < 4.78 is 13.0. The third kappa shape index (κ3) is 1.99. The van der Waals surface area contributed by atoms with Crippen molar-refractivity contribution in [1.82, 2.24) is 4.98 Å². The van der Waals surface area contributed by atoms with Crippen LogP contribution in [0.1, 0.15) is 16.1 Å². The minimum atomic E-state index is -0.239. The molecule has 0 saturated heterocycles. The SMILES string of the molecule is Cc1cc(F)ccc1-c1nc(C)c(CO)s1. The Bertz CT molecular complexity index is 522. The normalized spacial score (nSPS) is 10.8. The number of aliphatic hydroxyl groups is 1. The summed E-state index contributed by atoms with van der Waals surface area (Å²) in [6.07, 6.45) is 0. The van der Waals surface area contributed by atoms with Gasteiger partial charge in [0.15, 0.2) is 0 Å². The average Bonchev–Trinajstić information content (AvgIpc) is 2.59. The first-order valence-electron chi connectivity index (χ1n) is 4.95. The third-order valence-corrected chi connectivity index (χ3v) is 3.63. The number of aryl methyl sites for hydroxylation is 2. The Kier molecular flexibility index (Phi) is 3.03. The maximum Gasteiger partial charge on any atom is 0.124 e. The Labute approximate surface area is 97.4 Å². The van der Waals surface area contributed by atoms with Gasteiger partial charge in [0.1, 0.15) is 10.8 Å². The summed E-state index contributed by atoms with van der Waals surface area (Å²) >= 11 is 1.45. The van der Waals surface area contributed by atoms with E-state index in [0.717, 1.165) is 26.7 Å². The van der Waals surface area contributed by atoms with Crippen LogP contribution in [0.15, 0.2) is 18.2 Å². The van der Waals surface area contributed by atoms with E-state index in [1.54, 1.807) is 6.07 Å². The molecular formula is C12H12FNOS. The fraction of sp³-hybridized carbons (Fsp3) is 0.250. The molecule has 0 bridgehead atoms. The minimum Gasteiger partial charge on any atom is -0.391 e. The van der Waals surface area contributed by atoms with Crippen LogP contribution in [0.5, 0.6) is 0 Å². The van der Waals surface area contributed by atoms with Gasteiger partial charge in [0.2, 0.25) is 0 Å². The highest BCUT2D eigenvalue weighted by Gasteiger charge is 2.10. The first kappa shape index (κ1) is 11.2. The molecule has 1 aromatic heterocycles. The van der Waals surface area contributed by atoms with Crippen LogP contribution in [-0.2, 0) is 6.61 Å². The molecule has 0 spiro atoms. The van der Waals surface area contributed by atoms with Crippen LogP contribution in [0.3, 0.4) is 0 Å². The minimum absolute atomic E-state index is 0.00371. The molecule has 0 unspecified atom stereocenters. The first-order chi connectivity index (χ1) is 7.61. The maximum absolute atomic E-state index is 13.0. The van der Waals surface area contributed by atoms with Crippen molar-refractivity contribution in [2.45, 2.75) is 20.5 Å². The van der Waals surface area contributed by atoms with Gasteiger partial charge >= 0.3 is 0 Å². The summed E-state index contributed by atoms with van der Waals surface area (Å²) in [4.78, 5) is 5.24. The lowest BCUT2D eigenvalue weighted by molar-refractivity contribution is 0.284. The van der Waals surface area contributed by atoms with Gasteiger partial charge in [0.25, 0.3) is 0 Å². The highest BCUT2D eigenvalue weighted by molar-refractivity contribution is 7.15. The van der Waals surface area contributed by atoms with Crippen LogP contribution in [0.4, 0.5) is 4.39 Å². The van der Waals surface area contributed by atoms with E-state index in [0.29, 0.717) is 0 Å². The topological polar surface area (TPSA) is 33.1 Å². The van der Waals surface area contributed by atoms with Gasteiger partial charge in [-0.05, 0) is 37.6 Å². The molecule has 0 fully saturated rings. The molecule has 1 N–H and O–H groups in total. The van der Waals surface area contributed by atoms with E-state index in [9.17, 15) is 4.39 Å². The van der Waals surface area contributed by atoms with Crippen molar-refractivity contribution in [3.63, 3.8) is 0 Å². The van der Waals surface area contributed by atoms with Crippen molar-refractivity contribution < 1.29 is 9.50 Å². The molecule has 0 aliphatic heterocycles. The van der Waals surface area contributed by atoms with Crippen LogP contribution in [-0.4, -0.2) is 10.1 Å². The molecule has 2 rings (SSSR count). The molecule has 0 saturated carbocycles. The van der Waals surface area contributed by atoms with Crippen molar-refractivity contribution in [3.05, 3.63) is 40.2 Å². The number of hydrogen-bond acceptors (Lipinski definition) is 3. The highest BCUT2D eigenvalue weighted by Crippen LogP contribution is 2.30. The molecule has 1 heterocycles. The lowest BCUT2D eigenvalue weighted by atomic mass is 10.1. The predicted octanol–water partition coefficient (Wildman–Crippen LogP) is 3.06. The zero-order valence-corrected chi connectivity index (χ0v) is 9.94. The zero-order valence-electron chi connectivity index (χ0n) is 9.12. The molecule has 0 amide bonds. The Morgan fingerprint density at radius 3 is 2.69 bits per heavy atom. The van der Waals surface area contributed by atoms with Crippen LogP contribution in [0.2, 0.25) is 0 Å². The molecule has 0 radical (unpaired) electrons. The average molecular weight is 237 g/mol. The van der Waals surface area contributed by atoms with Crippen LogP contribution >= 0.6 is 11.3 Å². The lowest BCUT2D eigenvalue weighted by Gasteiger charge is -2.01. The van der Waals surface area contributed by atoms with E-state index in [2.05, 4.69) is 4.98 Å². The lowest BCUT2D eigenvalue weighted by Crippen LogP contribution is -1.84. The van der Waals surface area contributed by atoms with Gasteiger partial charge in [0, 0.05) is 5.56 Å². The van der Waals surface area contributed by atoms with Crippen LogP contribution in [0.25, 0.3) is 10.6 Å². The molecule has 4 heteroatoms. The molecule has 84 valence electrons. The summed E-state index contributed by atoms with van der Waals surface area (Å²) in [6, 6.07) is 4.65. The van der Waals surface area contributed by atoms with E-state index in [1.807, 2.05) is 13.8 Å². The van der Waals surface area contributed by atoms with E-state index < -0.39 is 0 Å². The van der Waals surface area contributed by atoms with Crippen molar-refractivity contribution in [3.8, 4) is 10.6 Å². The Balaban J connectivity index is 2.50. The maximum atomic E-state index is 13.0. The van der Waals surface area contributed by atoms with Crippen molar-refractivity contribution >= 4 is 11.3 Å². The fourth-order valence-electron chi connectivity index (χ4n) is 1.56. The van der Waals surface area contributed by atoms with Gasteiger partial charge in [-0.2, -0.15) is 0 Å². The standard InChI is InChI=1S/C12H12FNOS/c1-7-5-9(13)3-4-10(7)12-14-8(2)11(6-15)16-12/h3-5,15H,6H2,1-2H3. The molecule has 1 aromatic carbocycles. The smallest absolute Gasteiger partial charge is 0.124 e. The predicted molar refractivity (Wildman–Crippen MR) is 62.9 cm³/mol. The number of hydrogen-bond donors (Lipinski definition) is 1. The van der Waals surface area contributed by atoms with E-state index in [1.165, 1.54) is 23.5 Å². The van der Waals surface area contributed by atoms with Gasteiger partial charge in [-0.25, -0.2) is 9.37 Å². The molecule has 0 aliphatic rings. The number of rotatable bonds is 2. The number of aromatic nitrogens is 1. The Hall–Kier alpha value is -1.26. The summed E-state index contributed by atoms with van der Waals surface area (Å²) in [5.41, 5.74) is 2.62. The van der Waals surface area contributed by atoms with Crippen molar-refractivity contribution in [1.29, 1.82) is 0 Å². The van der Waals surface area contributed by atoms with Crippen LogP contribution in [0, 0.1) is 19.7 Å². The Morgan fingerprint density at radius 1 is 1.38 bits per heavy atom. The van der Waals surface area contributed by atoms with Crippen molar-refractivity contribution in [2.75, 3.05) is 0 Å². The molecule has 16 heavy (non-hydrogen) atoms. The molecule has 0 atom stereocenters. The van der Waals surface area contributed by atoms with Gasteiger partial charge in [-0.15, -0.1) is 11.3 Å². The summed E-state index contributed by atoms with van der Waals surface area (Å²) in [6.45, 7) is 3.72. The van der Waals surface area contributed by atoms with E-state index in [-0.39, 0.29) is 12.4 Å². The highest BCUT2D eigenvalue weighted by atomic mass is 32.1. The zero-order chi connectivity index (χ0) is 11.7. The van der Waals surface area contributed by atoms with Gasteiger partial charge in [-0.3, -0.25) is 0 Å². The summed E-state index contributed by atoms with van der Waals surface area (Å²) in [5.74, 6) is -0.239. The van der Waals surface area contributed by atoms with E-state index >= 15 is 0 Å². The second-order valence-electron chi connectivity index (χ2n) is 3.64.